The van der Waals surface area contributed by atoms with Crippen LogP contribution in [0.1, 0.15) is 96.1 Å². The number of amides is 1. The molecule has 1 N–H and O–H groups in total. The fourth-order valence-corrected chi connectivity index (χ4v) is 6.48. The van der Waals surface area contributed by atoms with Gasteiger partial charge in [0, 0.05) is 39.0 Å². The van der Waals surface area contributed by atoms with Gasteiger partial charge in [-0.3, -0.25) is 4.79 Å². The number of ether oxygens (including phenoxy) is 6. The normalized spacial score (nSPS) is 28.4. The molecule has 49 heavy (non-hydrogen) atoms. The zero-order chi connectivity index (χ0) is 35.0. The summed E-state index contributed by atoms with van der Waals surface area (Å²) in [6.07, 6.45) is 18.3. The molecule has 1 aromatic heterocycles. The van der Waals surface area contributed by atoms with Gasteiger partial charge in [-0.1, -0.05) is 32.1 Å². The van der Waals surface area contributed by atoms with E-state index < -0.39 is 24.3 Å². The summed E-state index contributed by atoms with van der Waals surface area (Å²) in [5.41, 5.74) is 0.736. The molecule has 3 saturated heterocycles. The zero-order valence-electron chi connectivity index (χ0n) is 29.4. The van der Waals surface area contributed by atoms with Crippen molar-refractivity contribution in [3.8, 4) is 0 Å². The van der Waals surface area contributed by atoms with Gasteiger partial charge in [0.2, 0.25) is 5.89 Å². The van der Waals surface area contributed by atoms with Crippen LogP contribution in [0.25, 0.3) is 6.08 Å². The maximum Gasteiger partial charge on any atom is 0.407 e. The highest BCUT2D eigenvalue weighted by Gasteiger charge is 2.36. The molecule has 12 heteroatoms. The molecule has 0 unspecified atom stereocenters. The number of fused-ring (bicyclic) bond motifs is 4. The third-order valence-corrected chi connectivity index (χ3v) is 8.87. The van der Waals surface area contributed by atoms with Crippen LogP contribution in [-0.4, -0.2) is 86.5 Å². The van der Waals surface area contributed by atoms with Gasteiger partial charge < -0.3 is 38.2 Å². The highest BCUT2D eigenvalue weighted by Crippen LogP contribution is 2.32. The summed E-state index contributed by atoms with van der Waals surface area (Å²) < 4.78 is 40.6. The van der Waals surface area contributed by atoms with Crippen molar-refractivity contribution >= 4 is 24.1 Å². The Labute approximate surface area is 289 Å². The van der Waals surface area contributed by atoms with Crippen molar-refractivity contribution in [1.82, 2.24) is 10.3 Å². The summed E-state index contributed by atoms with van der Waals surface area (Å²) in [5, 5.41) is 2.54. The van der Waals surface area contributed by atoms with Gasteiger partial charge in [0.05, 0.1) is 49.7 Å². The van der Waals surface area contributed by atoms with Crippen LogP contribution in [0, 0.1) is 5.92 Å². The number of hydrogen-bond donors (Lipinski definition) is 1. The van der Waals surface area contributed by atoms with Crippen LogP contribution >= 0.6 is 0 Å². The number of nitrogens with one attached hydrogen (secondary N) is 1. The molecule has 0 aromatic carbocycles. The highest BCUT2D eigenvalue weighted by molar-refractivity contribution is 5.82. The Morgan fingerprint density at radius 1 is 0.980 bits per heavy atom. The molecule has 0 saturated carbocycles. The monoisotopic (exact) mass is 686 g/mol. The minimum Gasteiger partial charge on any atom is -0.459 e. The summed E-state index contributed by atoms with van der Waals surface area (Å²) in [6.45, 7) is 4.60. The van der Waals surface area contributed by atoms with Crippen molar-refractivity contribution in [2.75, 3.05) is 20.8 Å². The SMILES string of the molecule is COC(=O)NC/C=C\c1nc(CC/C=C\C(=O)O[C@@H]2C[C@H]3C[C@H](OC)C[C@@H]4CCC[C@@H](C[C@H](/C=C/CC(C)C)OC(=O)C[C@@H](C2)O3)O4)co1. The van der Waals surface area contributed by atoms with Crippen molar-refractivity contribution in [3.05, 3.63) is 48.2 Å². The Morgan fingerprint density at radius 3 is 2.49 bits per heavy atom. The number of allylic oxidation sites excluding steroid dienone is 2. The van der Waals surface area contributed by atoms with Crippen LogP contribution < -0.4 is 5.32 Å². The number of methoxy groups -OCH3 is 2. The first kappa shape index (κ1) is 38.3. The first-order valence-electron chi connectivity index (χ1n) is 17.7. The molecule has 7 atom stereocenters. The standard InChI is InChI=1S/C37H54N2O10/c1-25(2)10-7-12-29-18-27-13-8-14-28(46-27)19-30(43-3)20-31-21-32(22-33(47-31)23-36(41)48-29)49-35(40)16-6-5-11-26-24-45-34(39-26)15-9-17-38-37(42)44-4/h6-7,9,12,15-16,24-25,27-33H,5,8,10-11,13-14,17-23H2,1-4H3,(H,38,42)/b12-7+,15-9-,16-6-/t27-,28-,29-,30+,31+,32+,33+/m0/s1. The van der Waals surface area contributed by atoms with Crippen molar-refractivity contribution < 1.29 is 47.2 Å². The third-order valence-electron chi connectivity index (χ3n) is 8.87. The summed E-state index contributed by atoms with van der Waals surface area (Å²) in [4.78, 5) is 41.6. The second-order valence-corrected chi connectivity index (χ2v) is 13.5. The van der Waals surface area contributed by atoms with Crippen LogP contribution in [0.4, 0.5) is 4.79 Å². The molecule has 0 spiro atoms. The summed E-state index contributed by atoms with van der Waals surface area (Å²) in [6, 6.07) is 0. The second-order valence-electron chi connectivity index (χ2n) is 13.5. The topological polar surface area (TPSA) is 145 Å². The van der Waals surface area contributed by atoms with Crippen LogP contribution in [0.3, 0.4) is 0 Å². The predicted octanol–water partition coefficient (Wildman–Crippen LogP) is 6.03. The van der Waals surface area contributed by atoms with E-state index in [9.17, 15) is 14.4 Å². The van der Waals surface area contributed by atoms with Gasteiger partial charge in [0.15, 0.2) is 0 Å². The van der Waals surface area contributed by atoms with E-state index in [4.69, 9.17) is 28.1 Å². The molecule has 4 bridgehead atoms. The Hall–Kier alpha value is -3.48. The van der Waals surface area contributed by atoms with Gasteiger partial charge >= 0.3 is 18.0 Å². The molecular formula is C37H54N2O10. The maximum atomic E-state index is 13.2. The number of rotatable bonds is 12. The van der Waals surface area contributed by atoms with Crippen LogP contribution in [0.15, 0.2) is 41.1 Å². The molecule has 3 fully saturated rings. The van der Waals surface area contributed by atoms with E-state index in [0.717, 1.165) is 37.8 Å². The molecule has 4 heterocycles. The lowest BCUT2D eigenvalue weighted by Gasteiger charge is -2.38. The van der Waals surface area contributed by atoms with E-state index in [-0.39, 0.29) is 49.5 Å². The molecule has 12 nitrogen and oxygen atoms in total. The molecule has 1 aromatic rings. The molecule has 3 aliphatic rings. The fraction of sp³-hybridized carbons (Fsp3) is 0.676. The van der Waals surface area contributed by atoms with Crippen LogP contribution in [0.5, 0.6) is 0 Å². The molecule has 1 amide bonds. The third kappa shape index (κ3) is 14.1. The van der Waals surface area contributed by atoms with Gasteiger partial charge in [-0.25, -0.2) is 14.6 Å². The molecular weight excluding hydrogens is 632 g/mol. The number of aromatic nitrogens is 1. The van der Waals surface area contributed by atoms with E-state index in [1.54, 1.807) is 31.6 Å². The lowest BCUT2D eigenvalue weighted by molar-refractivity contribution is -0.169. The molecule has 4 rings (SSSR count). The molecule has 0 radical (unpaired) electrons. The fourth-order valence-electron chi connectivity index (χ4n) is 6.48. The summed E-state index contributed by atoms with van der Waals surface area (Å²) in [7, 11) is 3.01. The number of aryl methyl sites for hydroxylation is 1. The molecule has 272 valence electrons. The number of cyclic esters (lactones) is 1. The lowest BCUT2D eigenvalue weighted by Crippen LogP contribution is -2.42. The quantitative estimate of drug-likeness (QED) is 0.119. The number of esters is 2. The lowest BCUT2D eigenvalue weighted by atomic mass is 9.92. The van der Waals surface area contributed by atoms with Gasteiger partial charge in [-0.15, -0.1) is 0 Å². The molecule has 3 aliphatic heterocycles. The van der Waals surface area contributed by atoms with Gasteiger partial charge in [0.1, 0.15) is 18.5 Å². The Balaban J connectivity index is 1.33. The number of carbonyl (C=O) groups is 3. The van der Waals surface area contributed by atoms with E-state index in [1.807, 2.05) is 6.08 Å². The van der Waals surface area contributed by atoms with Crippen LogP contribution in [0.2, 0.25) is 0 Å². The first-order valence-corrected chi connectivity index (χ1v) is 17.7. The van der Waals surface area contributed by atoms with Crippen molar-refractivity contribution in [2.24, 2.45) is 5.92 Å². The average molecular weight is 687 g/mol. The number of oxazole rings is 1. The largest absolute Gasteiger partial charge is 0.459 e. The first-order chi connectivity index (χ1) is 23.7. The van der Waals surface area contributed by atoms with Crippen molar-refractivity contribution in [2.45, 2.75) is 134 Å². The Morgan fingerprint density at radius 2 is 1.71 bits per heavy atom. The highest BCUT2D eigenvalue weighted by atomic mass is 16.6. The Bertz CT molecular complexity index is 1270. The number of carbonyl (C=O) groups excluding carboxylic acids is 3. The Kier molecular flexibility index (Phi) is 15.8. The minimum absolute atomic E-state index is 0.0343. The summed E-state index contributed by atoms with van der Waals surface area (Å²) >= 11 is 0. The smallest absolute Gasteiger partial charge is 0.407 e. The second kappa shape index (κ2) is 20.3. The van der Waals surface area contributed by atoms with Crippen LogP contribution in [-0.2, 0) is 44.4 Å². The maximum absolute atomic E-state index is 13.2. The number of hydrogen-bond acceptors (Lipinski definition) is 11. The van der Waals surface area contributed by atoms with E-state index >= 15 is 0 Å². The average Bonchev–Trinajstić information content (AvgIpc) is 3.51. The van der Waals surface area contributed by atoms with Gasteiger partial charge in [-0.2, -0.15) is 0 Å². The minimum atomic E-state index is -0.517. The zero-order valence-corrected chi connectivity index (χ0v) is 29.4. The van der Waals surface area contributed by atoms with E-state index in [2.05, 4.69) is 35.0 Å². The van der Waals surface area contributed by atoms with E-state index in [0.29, 0.717) is 50.3 Å². The van der Waals surface area contributed by atoms with E-state index in [1.165, 1.54) is 13.2 Å². The predicted molar refractivity (Wildman–Crippen MR) is 181 cm³/mol. The summed E-state index contributed by atoms with van der Waals surface area (Å²) in [5.74, 6) is 0.155. The van der Waals surface area contributed by atoms with Gasteiger partial charge in [0.25, 0.3) is 0 Å². The van der Waals surface area contributed by atoms with Crippen molar-refractivity contribution in [1.29, 1.82) is 0 Å². The van der Waals surface area contributed by atoms with Gasteiger partial charge in [-0.05, 0) is 69.4 Å². The number of nitrogens with zero attached hydrogens (tertiary/aromatic N) is 1. The molecule has 0 aliphatic carbocycles. The number of alkyl carbamates (subject to hydrolysis) is 1. The van der Waals surface area contributed by atoms with Crippen molar-refractivity contribution in [3.63, 3.8) is 0 Å².